The van der Waals surface area contributed by atoms with Gasteiger partial charge in [-0.15, -0.1) is 0 Å². The first kappa shape index (κ1) is 27.2. The van der Waals surface area contributed by atoms with E-state index in [-0.39, 0.29) is 36.7 Å². The first-order chi connectivity index (χ1) is 18.0. The summed E-state index contributed by atoms with van der Waals surface area (Å²) in [6.45, 7) is 2.24. The number of nitrogens with one attached hydrogen (secondary N) is 1. The van der Waals surface area contributed by atoms with Crippen LogP contribution in [0.1, 0.15) is 68.1 Å². The Bertz CT molecular complexity index is 1140. The first-order valence-corrected chi connectivity index (χ1v) is 13.9. The molecule has 0 bridgehead atoms. The Balaban J connectivity index is 1.64. The number of carbonyl (C=O) groups excluding carboxylic acids is 2. The average Bonchev–Trinajstić information content (AvgIpc) is 3.43. The second-order valence-electron chi connectivity index (χ2n) is 9.76. The van der Waals surface area contributed by atoms with Crippen LogP contribution in [0.2, 0.25) is 10.0 Å². The van der Waals surface area contributed by atoms with E-state index in [1.165, 1.54) is 0 Å². The van der Waals surface area contributed by atoms with Crippen molar-refractivity contribution < 1.29 is 9.59 Å². The fourth-order valence-corrected chi connectivity index (χ4v) is 5.53. The molecule has 0 saturated heterocycles. The summed E-state index contributed by atoms with van der Waals surface area (Å²) in [5, 5.41) is 4.10. The highest BCUT2D eigenvalue weighted by Gasteiger charge is 2.32. The van der Waals surface area contributed by atoms with E-state index in [2.05, 4.69) is 29.6 Å². The molecule has 0 unspecified atom stereocenters. The van der Waals surface area contributed by atoms with Crippen LogP contribution in [0.3, 0.4) is 0 Å². The SMILES string of the molecule is CC[C@H](C(=O)NC1CCCC1)N(Cc1ccc(Cl)c(Cl)c1)C(=O)CC(c1ccccc1)c1ccccc1. The van der Waals surface area contributed by atoms with E-state index in [4.69, 9.17) is 23.2 Å². The number of halogens is 2. The molecule has 194 valence electrons. The van der Waals surface area contributed by atoms with Crippen LogP contribution in [-0.4, -0.2) is 28.8 Å². The monoisotopic (exact) mass is 536 g/mol. The van der Waals surface area contributed by atoms with E-state index < -0.39 is 6.04 Å². The maximum atomic E-state index is 14.1. The van der Waals surface area contributed by atoms with Crippen LogP contribution in [0.4, 0.5) is 0 Å². The summed E-state index contributed by atoms with van der Waals surface area (Å²) < 4.78 is 0. The van der Waals surface area contributed by atoms with Gasteiger partial charge in [0.2, 0.25) is 11.8 Å². The Hall–Kier alpha value is -2.82. The fourth-order valence-electron chi connectivity index (χ4n) is 5.21. The summed E-state index contributed by atoms with van der Waals surface area (Å²) >= 11 is 12.4. The van der Waals surface area contributed by atoms with Gasteiger partial charge in [-0.3, -0.25) is 9.59 Å². The molecule has 0 aliphatic heterocycles. The van der Waals surface area contributed by atoms with Crippen molar-refractivity contribution in [3.05, 3.63) is 106 Å². The fraction of sp³-hybridized carbons (Fsp3) is 0.355. The van der Waals surface area contributed by atoms with Crippen molar-refractivity contribution in [2.75, 3.05) is 0 Å². The highest BCUT2D eigenvalue weighted by atomic mass is 35.5. The summed E-state index contributed by atoms with van der Waals surface area (Å²) in [6, 6.07) is 25.1. The van der Waals surface area contributed by atoms with E-state index in [1.54, 1.807) is 17.0 Å². The zero-order chi connectivity index (χ0) is 26.2. The molecule has 1 aliphatic rings. The van der Waals surface area contributed by atoms with E-state index in [0.717, 1.165) is 42.4 Å². The number of hydrogen-bond donors (Lipinski definition) is 1. The predicted molar refractivity (Wildman–Crippen MR) is 151 cm³/mol. The highest BCUT2D eigenvalue weighted by molar-refractivity contribution is 6.42. The lowest BCUT2D eigenvalue weighted by Gasteiger charge is -2.33. The minimum absolute atomic E-state index is 0.0720. The Labute approximate surface area is 230 Å². The molecular formula is C31H34Cl2N2O2. The average molecular weight is 538 g/mol. The van der Waals surface area contributed by atoms with Gasteiger partial charge in [0.15, 0.2) is 0 Å². The Morgan fingerprint density at radius 1 is 0.892 bits per heavy atom. The summed E-state index contributed by atoms with van der Waals surface area (Å²) in [6.07, 6.45) is 5.02. The van der Waals surface area contributed by atoms with Gasteiger partial charge < -0.3 is 10.2 Å². The Morgan fingerprint density at radius 3 is 2.03 bits per heavy atom. The van der Waals surface area contributed by atoms with Crippen molar-refractivity contribution in [3.8, 4) is 0 Å². The number of carbonyl (C=O) groups is 2. The van der Waals surface area contributed by atoms with Gasteiger partial charge in [-0.05, 0) is 48.1 Å². The number of benzene rings is 3. The number of nitrogens with zero attached hydrogens (tertiary/aromatic N) is 1. The van der Waals surface area contributed by atoms with Crippen LogP contribution in [0.5, 0.6) is 0 Å². The van der Waals surface area contributed by atoms with E-state index in [1.807, 2.05) is 49.4 Å². The smallest absolute Gasteiger partial charge is 0.243 e. The summed E-state index contributed by atoms with van der Waals surface area (Å²) in [7, 11) is 0. The molecule has 37 heavy (non-hydrogen) atoms. The van der Waals surface area contributed by atoms with Crippen LogP contribution < -0.4 is 5.32 Å². The van der Waals surface area contributed by atoms with Gasteiger partial charge in [0, 0.05) is 24.9 Å². The van der Waals surface area contributed by atoms with Crippen molar-refractivity contribution in [1.29, 1.82) is 0 Å². The van der Waals surface area contributed by atoms with Gasteiger partial charge in [-0.2, -0.15) is 0 Å². The van der Waals surface area contributed by atoms with E-state index >= 15 is 0 Å². The van der Waals surface area contributed by atoms with Crippen LogP contribution >= 0.6 is 23.2 Å². The minimum Gasteiger partial charge on any atom is -0.352 e. The maximum absolute atomic E-state index is 14.1. The molecule has 3 aromatic rings. The Kier molecular flexibility index (Phi) is 9.65. The molecule has 2 amide bonds. The van der Waals surface area contributed by atoms with Crippen molar-refractivity contribution >= 4 is 35.0 Å². The van der Waals surface area contributed by atoms with E-state index in [9.17, 15) is 9.59 Å². The van der Waals surface area contributed by atoms with Crippen LogP contribution in [0.15, 0.2) is 78.9 Å². The molecule has 1 fully saturated rings. The van der Waals surface area contributed by atoms with Gasteiger partial charge in [0.05, 0.1) is 10.0 Å². The van der Waals surface area contributed by atoms with E-state index in [0.29, 0.717) is 16.5 Å². The third kappa shape index (κ3) is 7.15. The lowest BCUT2D eigenvalue weighted by Crippen LogP contribution is -2.51. The predicted octanol–water partition coefficient (Wildman–Crippen LogP) is 7.38. The van der Waals surface area contributed by atoms with Crippen LogP contribution in [0.25, 0.3) is 0 Å². The zero-order valence-corrected chi connectivity index (χ0v) is 22.7. The third-order valence-electron chi connectivity index (χ3n) is 7.21. The van der Waals surface area contributed by atoms with Crippen LogP contribution in [-0.2, 0) is 16.1 Å². The molecule has 1 N–H and O–H groups in total. The van der Waals surface area contributed by atoms with Crippen molar-refractivity contribution in [1.82, 2.24) is 10.2 Å². The van der Waals surface area contributed by atoms with Gasteiger partial charge in [0.25, 0.3) is 0 Å². The summed E-state index contributed by atoms with van der Waals surface area (Å²) in [4.78, 5) is 29.3. The molecule has 3 aromatic carbocycles. The lowest BCUT2D eigenvalue weighted by atomic mass is 9.88. The van der Waals surface area contributed by atoms with Gasteiger partial charge >= 0.3 is 0 Å². The molecule has 1 atom stereocenters. The second kappa shape index (κ2) is 13.1. The molecule has 0 heterocycles. The quantitative estimate of drug-likeness (QED) is 0.293. The second-order valence-corrected chi connectivity index (χ2v) is 10.6. The topological polar surface area (TPSA) is 49.4 Å². The van der Waals surface area contributed by atoms with Gasteiger partial charge in [-0.25, -0.2) is 0 Å². The zero-order valence-electron chi connectivity index (χ0n) is 21.2. The molecule has 0 radical (unpaired) electrons. The lowest BCUT2D eigenvalue weighted by molar-refractivity contribution is -0.141. The molecule has 1 saturated carbocycles. The van der Waals surface area contributed by atoms with Crippen LogP contribution in [0, 0.1) is 0 Å². The number of hydrogen-bond acceptors (Lipinski definition) is 2. The molecule has 4 nitrogen and oxygen atoms in total. The third-order valence-corrected chi connectivity index (χ3v) is 7.95. The maximum Gasteiger partial charge on any atom is 0.243 e. The standard InChI is InChI=1S/C31H34Cl2N2O2/c1-2-29(31(37)34-25-15-9-10-16-25)35(21-22-17-18-27(32)28(33)19-22)30(36)20-26(23-11-5-3-6-12-23)24-13-7-4-8-14-24/h3-8,11-14,17-19,25-26,29H,2,9-10,15-16,20-21H2,1H3,(H,34,37)/t29-/m1/s1. The van der Waals surface area contributed by atoms with Crippen molar-refractivity contribution in [3.63, 3.8) is 0 Å². The highest BCUT2D eigenvalue weighted by Crippen LogP contribution is 2.30. The molecule has 0 spiro atoms. The molecule has 4 rings (SSSR count). The molecule has 0 aromatic heterocycles. The minimum atomic E-state index is -0.574. The van der Waals surface area contributed by atoms with Gasteiger partial charge in [-0.1, -0.05) is 110 Å². The molecule has 1 aliphatic carbocycles. The number of rotatable bonds is 10. The van der Waals surface area contributed by atoms with Crippen molar-refractivity contribution in [2.24, 2.45) is 0 Å². The largest absolute Gasteiger partial charge is 0.352 e. The normalized spacial score (nSPS) is 14.5. The molecule has 6 heteroatoms. The van der Waals surface area contributed by atoms with Gasteiger partial charge in [0.1, 0.15) is 6.04 Å². The Morgan fingerprint density at radius 2 is 1.49 bits per heavy atom. The molecular weight excluding hydrogens is 503 g/mol. The summed E-state index contributed by atoms with van der Waals surface area (Å²) in [5.41, 5.74) is 2.98. The van der Waals surface area contributed by atoms with Crippen molar-refractivity contribution in [2.45, 2.75) is 70.0 Å². The summed E-state index contributed by atoms with van der Waals surface area (Å²) in [5.74, 6) is -0.280. The first-order valence-electron chi connectivity index (χ1n) is 13.1. The number of amides is 2.